The van der Waals surface area contributed by atoms with E-state index in [1.165, 1.54) is 6.92 Å². The van der Waals surface area contributed by atoms with Gasteiger partial charge in [0.15, 0.2) is 15.1 Å². The molecule has 0 aliphatic heterocycles. The maximum Gasteiger partial charge on any atom is 0.321 e. The van der Waals surface area contributed by atoms with Gasteiger partial charge in [0, 0.05) is 0 Å². The molecule has 0 saturated heterocycles. The molecule has 0 radical (unpaired) electrons. The van der Waals surface area contributed by atoms with Crippen molar-refractivity contribution in [2.45, 2.75) is 18.6 Å². The minimum atomic E-state index is -3.95. The molecule has 0 aromatic carbocycles. The van der Waals surface area contributed by atoms with Crippen LogP contribution in [0.1, 0.15) is 13.3 Å². The molecule has 1 atom stereocenters. The fourth-order valence-corrected chi connectivity index (χ4v) is 2.29. The van der Waals surface area contributed by atoms with Crippen LogP contribution in [-0.2, 0) is 19.4 Å². The summed E-state index contributed by atoms with van der Waals surface area (Å²) in [6, 6.07) is 0. The summed E-state index contributed by atoms with van der Waals surface area (Å²) in [7, 11) is -3.95. The number of aliphatic carboxylic acids is 1. The third-order valence-corrected chi connectivity index (χ3v) is 3.51. The lowest BCUT2D eigenvalue weighted by Crippen LogP contribution is -2.36. The standard InChI is InChI=1S/C6H11NO5S/c1-2-4(6(9)10)13(11,12)3-5(7)8/h4H,2-3H2,1H3,(H2,7,8)(H,9,10). The van der Waals surface area contributed by atoms with Crippen molar-refractivity contribution in [3.05, 3.63) is 0 Å². The van der Waals surface area contributed by atoms with Gasteiger partial charge in [-0.15, -0.1) is 0 Å². The molecule has 0 rings (SSSR count). The Morgan fingerprint density at radius 3 is 2.15 bits per heavy atom. The van der Waals surface area contributed by atoms with Gasteiger partial charge in [-0.2, -0.15) is 0 Å². The number of rotatable bonds is 5. The highest BCUT2D eigenvalue weighted by Gasteiger charge is 2.31. The second-order valence-electron chi connectivity index (χ2n) is 2.51. The van der Waals surface area contributed by atoms with Gasteiger partial charge in [0.2, 0.25) is 5.91 Å². The Bertz CT molecular complexity index is 307. The van der Waals surface area contributed by atoms with Crippen molar-refractivity contribution in [1.29, 1.82) is 0 Å². The molecule has 1 unspecified atom stereocenters. The van der Waals surface area contributed by atoms with E-state index >= 15 is 0 Å². The second kappa shape index (κ2) is 4.22. The van der Waals surface area contributed by atoms with Crippen LogP contribution in [-0.4, -0.2) is 36.4 Å². The number of hydrogen-bond donors (Lipinski definition) is 2. The first-order valence-electron chi connectivity index (χ1n) is 3.54. The lowest BCUT2D eigenvalue weighted by atomic mass is 10.3. The lowest BCUT2D eigenvalue weighted by molar-refractivity contribution is -0.136. The average Bonchev–Trinajstić information content (AvgIpc) is 1.82. The third kappa shape index (κ3) is 3.41. The van der Waals surface area contributed by atoms with E-state index in [9.17, 15) is 18.0 Å². The zero-order valence-electron chi connectivity index (χ0n) is 7.06. The van der Waals surface area contributed by atoms with E-state index in [0.29, 0.717) is 0 Å². The van der Waals surface area contributed by atoms with Gasteiger partial charge in [0.05, 0.1) is 0 Å². The maximum absolute atomic E-state index is 11.1. The van der Waals surface area contributed by atoms with Gasteiger partial charge in [-0.05, 0) is 6.42 Å². The molecule has 0 spiro atoms. The molecular formula is C6H11NO5S. The van der Waals surface area contributed by atoms with Crippen LogP contribution in [0.3, 0.4) is 0 Å². The second-order valence-corrected chi connectivity index (χ2v) is 4.69. The molecule has 6 nitrogen and oxygen atoms in total. The highest BCUT2D eigenvalue weighted by atomic mass is 32.2. The summed E-state index contributed by atoms with van der Waals surface area (Å²) in [5, 5.41) is 6.95. The van der Waals surface area contributed by atoms with Crippen LogP contribution >= 0.6 is 0 Å². The fourth-order valence-electron chi connectivity index (χ4n) is 0.881. The van der Waals surface area contributed by atoms with Gasteiger partial charge in [-0.1, -0.05) is 6.92 Å². The Balaban J connectivity index is 4.79. The summed E-state index contributed by atoms with van der Waals surface area (Å²) in [4.78, 5) is 20.7. The van der Waals surface area contributed by atoms with Crippen LogP contribution in [0, 0.1) is 0 Å². The number of carboxylic acids is 1. The Kier molecular flexibility index (Phi) is 3.86. The van der Waals surface area contributed by atoms with Crippen molar-refractivity contribution in [2.75, 3.05) is 5.75 Å². The first-order chi connectivity index (χ1) is 5.81. The van der Waals surface area contributed by atoms with Gasteiger partial charge in [-0.3, -0.25) is 9.59 Å². The third-order valence-electron chi connectivity index (χ3n) is 1.42. The number of carboxylic acid groups (broad SMARTS) is 1. The van der Waals surface area contributed by atoms with Crippen LogP contribution in [0.25, 0.3) is 0 Å². The van der Waals surface area contributed by atoms with Crippen LogP contribution in [0.4, 0.5) is 0 Å². The summed E-state index contributed by atoms with van der Waals surface area (Å²) in [5.41, 5.74) is 4.66. The highest BCUT2D eigenvalue weighted by molar-refractivity contribution is 7.93. The van der Waals surface area contributed by atoms with Crippen LogP contribution < -0.4 is 5.73 Å². The van der Waals surface area contributed by atoms with Crippen molar-refractivity contribution in [3.8, 4) is 0 Å². The summed E-state index contributed by atoms with van der Waals surface area (Å²) >= 11 is 0. The van der Waals surface area contributed by atoms with Crippen molar-refractivity contribution < 1.29 is 23.1 Å². The molecule has 0 aliphatic rings. The van der Waals surface area contributed by atoms with E-state index in [4.69, 9.17) is 5.11 Å². The van der Waals surface area contributed by atoms with E-state index in [0.717, 1.165) is 0 Å². The molecule has 0 aliphatic carbocycles. The van der Waals surface area contributed by atoms with E-state index in [1.807, 2.05) is 0 Å². The number of carbonyl (C=O) groups excluding carboxylic acids is 1. The predicted octanol–water partition coefficient (Wildman–Crippen LogP) is -1.25. The Hall–Kier alpha value is -1.11. The van der Waals surface area contributed by atoms with Crippen LogP contribution in [0.2, 0.25) is 0 Å². The highest BCUT2D eigenvalue weighted by Crippen LogP contribution is 2.06. The fraction of sp³-hybridized carbons (Fsp3) is 0.667. The smallest absolute Gasteiger partial charge is 0.321 e. The van der Waals surface area contributed by atoms with Crippen molar-refractivity contribution in [1.82, 2.24) is 0 Å². The summed E-state index contributed by atoms with van der Waals surface area (Å²) < 4.78 is 22.3. The first-order valence-corrected chi connectivity index (χ1v) is 5.25. The van der Waals surface area contributed by atoms with Gasteiger partial charge in [0.1, 0.15) is 5.75 Å². The summed E-state index contributed by atoms with van der Waals surface area (Å²) in [6.07, 6.45) is -0.0784. The Labute approximate surface area is 75.6 Å². The molecular weight excluding hydrogens is 198 g/mol. The van der Waals surface area contributed by atoms with Gasteiger partial charge in [-0.25, -0.2) is 8.42 Å². The van der Waals surface area contributed by atoms with Crippen molar-refractivity contribution >= 4 is 21.7 Å². The summed E-state index contributed by atoms with van der Waals surface area (Å²) in [5.74, 6) is -3.42. The molecule has 1 amide bonds. The van der Waals surface area contributed by atoms with E-state index < -0.39 is 32.7 Å². The number of sulfone groups is 1. The van der Waals surface area contributed by atoms with E-state index in [2.05, 4.69) is 5.73 Å². The molecule has 13 heavy (non-hydrogen) atoms. The van der Waals surface area contributed by atoms with Crippen molar-refractivity contribution in [2.24, 2.45) is 5.73 Å². The van der Waals surface area contributed by atoms with Crippen LogP contribution in [0.5, 0.6) is 0 Å². The first kappa shape index (κ1) is 11.9. The Morgan fingerprint density at radius 2 is 1.92 bits per heavy atom. The number of hydrogen-bond acceptors (Lipinski definition) is 4. The average molecular weight is 209 g/mol. The molecule has 0 aromatic heterocycles. The lowest BCUT2D eigenvalue weighted by Gasteiger charge is -2.08. The SMILES string of the molecule is CCC(C(=O)O)S(=O)(=O)CC(N)=O. The minimum Gasteiger partial charge on any atom is -0.480 e. The Morgan fingerprint density at radius 1 is 1.46 bits per heavy atom. The largest absolute Gasteiger partial charge is 0.480 e. The molecule has 0 bridgehead atoms. The topological polar surface area (TPSA) is 115 Å². The molecule has 3 N–H and O–H groups in total. The number of primary amides is 1. The zero-order valence-corrected chi connectivity index (χ0v) is 7.87. The van der Waals surface area contributed by atoms with Gasteiger partial charge in [0.25, 0.3) is 0 Å². The van der Waals surface area contributed by atoms with Gasteiger partial charge >= 0.3 is 5.97 Å². The number of amides is 1. The number of carbonyl (C=O) groups is 2. The maximum atomic E-state index is 11.1. The van der Waals surface area contributed by atoms with E-state index in [1.54, 1.807) is 0 Å². The number of nitrogens with two attached hydrogens (primary N) is 1. The molecule has 0 fully saturated rings. The molecule has 0 saturated carbocycles. The normalized spacial score (nSPS) is 13.6. The van der Waals surface area contributed by atoms with Gasteiger partial charge < -0.3 is 10.8 Å². The predicted molar refractivity (Wildman–Crippen MR) is 44.7 cm³/mol. The van der Waals surface area contributed by atoms with Crippen LogP contribution in [0.15, 0.2) is 0 Å². The zero-order chi connectivity index (χ0) is 10.6. The molecule has 7 heteroatoms. The van der Waals surface area contributed by atoms with E-state index in [-0.39, 0.29) is 6.42 Å². The summed E-state index contributed by atoms with van der Waals surface area (Å²) in [6.45, 7) is 1.41. The minimum absolute atomic E-state index is 0.0784. The molecule has 0 aromatic rings. The molecule has 0 heterocycles. The quantitative estimate of drug-likeness (QED) is 0.587. The van der Waals surface area contributed by atoms with Crippen molar-refractivity contribution in [3.63, 3.8) is 0 Å². The monoisotopic (exact) mass is 209 g/mol. The molecule has 76 valence electrons.